The topological polar surface area (TPSA) is 218 Å². The molecule has 1 aliphatic heterocycles. The molecule has 3 aromatic rings. The van der Waals surface area contributed by atoms with Gasteiger partial charge in [-0.2, -0.15) is 0 Å². The molecule has 0 saturated carbocycles. The smallest absolute Gasteiger partial charge is 0.338 e. The highest BCUT2D eigenvalue weighted by atomic mass is 16.6. The molecule has 12 nitrogen and oxygen atoms in total. The van der Waals surface area contributed by atoms with Gasteiger partial charge in [-0.25, -0.2) is 4.79 Å². The first-order valence-electron chi connectivity index (χ1n) is 11.5. The third-order valence-corrected chi connectivity index (χ3v) is 6.48. The number of aromatic hydroxyl groups is 7. The molecule has 1 aliphatic carbocycles. The average Bonchev–Trinajstić information content (AvgIpc) is 3.00. The second kappa shape index (κ2) is 9.26. The molecule has 0 radical (unpaired) electrons. The van der Waals surface area contributed by atoms with Crippen LogP contribution in [0.2, 0.25) is 0 Å². The van der Waals surface area contributed by atoms with Gasteiger partial charge in [0.25, 0.3) is 0 Å². The van der Waals surface area contributed by atoms with Crippen LogP contribution in [0, 0.1) is 0 Å². The van der Waals surface area contributed by atoms with Crippen LogP contribution in [-0.4, -0.2) is 58.0 Å². The van der Waals surface area contributed by atoms with Gasteiger partial charge in [-0.1, -0.05) is 6.07 Å². The van der Waals surface area contributed by atoms with Crippen molar-refractivity contribution in [3.05, 3.63) is 76.1 Å². The van der Waals surface area contributed by atoms with Gasteiger partial charge >= 0.3 is 5.97 Å². The standard InChI is InChI=1S/C27H22O12/c28-13-7-16(30)14-9-21(26(38-20(14)8-13)10-1-2-15(29)17(31)4-10)39-27(37)12-3-11-5-19(33)24(35)25(36)22(11)23(34)18(32)6-12/h1-8,21,23,26,28-36H,9H2/t21-,23?,26-/m1/s1. The molecule has 1 heterocycles. The number of carbonyl (C=O) groups excluding carboxylic acids is 1. The monoisotopic (exact) mass is 538 g/mol. The molecule has 202 valence electrons. The maximum absolute atomic E-state index is 13.3. The average molecular weight is 538 g/mol. The predicted octanol–water partition coefficient (Wildman–Crippen LogP) is 2.79. The van der Waals surface area contributed by atoms with Crippen molar-refractivity contribution in [3.8, 4) is 46.0 Å². The number of phenolic OH excluding ortho intramolecular Hbond substituents is 7. The lowest BCUT2D eigenvalue weighted by Gasteiger charge is -2.34. The summed E-state index contributed by atoms with van der Waals surface area (Å²) in [5, 5.41) is 90.8. The van der Waals surface area contributed by atoms with E-state index in [-0.39, 0.29) is 51.5 Å². The van der Waals surface area contributed by atoms with Gasteiger partial charge in [0, 0.05) is 35.2 Å². The number of ether oxygens (including phenoxy) is 2. The van der Waals surface area contributed by atoms with E-state index in [4.69, 9.17) is 9.47 Å². The summed E-state index contributed by atoms with van der Waals surface area (Å²) in [6.45, 7) is 0. The van der Waals surface area contributed by atoms with Crippen molar-refractivity contribution in [1.29, 1.82) is 0 Å². The van der Waals surface area contributed by atoms with Crippen molar-refractivity contribution in [2.24, 2.45) is 0 Å². The number of aliphatic hydroxyl groups is 2. The van der Waals surface area contributed by atoms with Gasteiger partial charge in [-0.05, 0) is 35.9 Å². The summed E-state index contributed by atoms with van der Waals surface area (Å²) in [5.74, 6) is -5.78. The van der Waals surface area contributed by atoms with Crippen molar-refractivity contribution in [2.45, 2.75) is 24.7 Å². The summed E-state index contributed by atoms with van der Waals surface area (Å²) in [4.78, 5) is 13.3. The van der Waals surface area contributed by atoms with Crippen molar-refractivity contribution in [3.63, 3.8) is 0 Å². The second-order valence-corrected chi connectivity index (χ2v) is 9.04. The Bertz CT molecular complexity index is 1570. The number of carbonyl (C=O) groups is 1. The molecule has 0 fully saturated rings. The maximum Gasteiger partial charge on any atom is 0.338 e. The van der Waals surface area contributed by atoms with E-state index in [1.165, 1.54) is 24.3 Å². The van der Waals surface area contributed by atoms with Crippen LogP contribution in [0.5, 0.6) is 46.0 Å². The lowest BCUT2D eigenvalue weighted by atomic mass is 9.93. The Morgan fingerprint density at radius 1 is 0.821 bits per heavy atom. The highest BCUT2D eigenvalue weighted by molar-refractivity contribution is 5.98. The number of rotatable bonds is 3. The number of aliphatic hydroxyl groups excluding tert-OH is 2. The van der Waals surface area contributed by atoms with E-state index in [1.807, 2.05) is 0 Å². The predicted molar refractivity (Wildman–Crippen MR) is 132 cm³/mol. The van der Waals surface area contributed by atoms with E-state index < -0.39 is 58.8 Å². The van der Waals surface area contributed by atoms with Crippen LogP contribution in [0.4, 0.5) is 0 Å². The number of benzene rings is 3. The number of phenols is 7. The summed E-state index contributed by atoms with van der Waals surface area (Å²) in [5.41, 5.74) is -0.289. The number of fused-ring (bicyclic) bond motifs is 2. The van der Waals surface area contributed by atoms with Crippen molar-refractivity contribution in [2.75, 3.05) is 0 Å². The van der Waals surface area contributed by atoms with Crippen LogP contribution in [-0.2, 0) is 16.0 Å². The van der Waals surface area contributed by atoms with Crippen LogP contribution < -0.4 is 4.74 Å². The molecule has 0 bridgehead atoms. The third kappa shape index (κ3) is 4.42. The van der Waals surface area contributed by atoms with Gasteiger partial charge < -0.3 is 55.4 Å². The number of esters is 1. The number of hydrogen-bond donors (Lipinski definition) is 9. The van der Waals surface area contributed by atoms with Crippen LogP contribution >= 0.6 is 0 Å². The molecule has 0 aromatic heterocycles. The fraction of sp³-hybridized carbons (Fsp3) is 0.148. The summed E-state index contributed by atoms with van der Waals surface area (Å²) in [6.07, 6.45) is -2.23. The first-order valence-corrected chi connectivity index (χ1v) is 11.5. The fourth-order valence-electron chi connectivity index (χ4n) is 4.56. The zero-order valence-corrected chi connectivity index (χ0v) is 19.8. The SMILES string of the molecule is O=C(O[C@@H]1Cc2c(O)cc(O)cc2O[C@@H]1c1ccc(O)c(O)c1)C1=Cc2cc(O)c(O)c(O)c2C(O)C(O)=C1. The summed E-state index contributed by atoms with van der Waals surface area (Å²) in [7, 11) is 0. The van der Waals surface area contributed by atoms with Crippen LogP contribution in [0.3, 0.4) is 0 Å². The van der Waals surface area contributed by atoms with Gasteiger partial charge in [0.1, 0.15) is 35.2 Å². The molecule has 5 rings (SSSR count). The molecular formula is C27H22O12. The van der Waals surface area contributed by atoms with E-state index in [0.29, 0.717) is 0 Å². The lowest BCUT2D eigenvalue weighted by Crippen LogP contribution is -2.35. The molecule has 0 spiro atoms. The number of hydrogen-bond acceptors (Lipinski definition) is 12. The molecule has 39 heavy (non-hydrogen) atoms. The highest BCUT2D eigenvalue weighted by Crippen LogP contribution is 2.47. The van der Waals surface area contributed by atoms with Crippen molar-refractivity contribution in [1.82, 2.24) is 0 Å². The minimum absolute atomic E-state index is 0.0893. The molecule has 3 aromatic carbocycles. The minimum Gasteiger partial charge on any atom is -0.509 e. The summed E-state index contributed by atoms with van der Waals surface area (Å²) >= 11 is 0. The molecule has 0 saturated heterocycles. The molecule has 12 heteroatoms. The first kappa shape index (κ1) is 25.4. The van der Waals surface area contributed by atoms with E-state index in [1.54, 1.807) is 0 Å². The van der Waals surface area contributed by atoms with Gasteiger partial charge in [-0.3, -0.25) is 0 Å². The van der Waals surface area contributed by atoms with Gasteiger partial charge in [0.15, 0.2) is 29.1 Å². The minimum atomic E-state index is -1.85. The molecule has 3 atom stereocenters. The Balaban J connectivity index is 1.55. The Morgan fingerprint density at radius 3 is 2.28 bits per heavy atom. The normalized spacial score (nSPS) is 20.0. The highest BCUT2D eigenvalue weighted by Gasteiger charge is 2.37. The van der Waals surface area contributed by atoms with E-state index in [0.717, 1.165) is 24.3 Å². The first-order chi connectivity index (χ1) is 18.4. The van der Waals surface area contributed by atoms with Crippen molar-refractivity contribution >= 4 is 12.0 Å². The fourth-order valence-corrected chi connectivity index (χ4v) is 4.56. The van der Waals surface area contributed by atoms with Gasteiger partial charge in [0.05, 0.1) is 5.57 Å². The molecule has 9 N–H and O–H groups in total. The maximum atomic E-state index is 13.3. The van der Waals surface area contributed by atoms with Gasteiger partial charge in [-0.15, -0.1) is 0 Å². The van der Waals surface area contributed by atoms with Crippen LogP contribution in [0.1, 0.15) is 34.5 Å². The third-order valence-electron chi connectivity index (χ3n) is 6.48. The Labute approximate surface area is 219 Å². The molecular weight excluding hydrogens is 516 g/mol. The van der Waals surface area contributed by atoms with E-state index in [9.17, 15) is 50.8 Å². The lowest BCUT2D eigenvalue weighted by molar-refractivity contribution is -0.150. The van der Waals surface area contributed by atoms with E-state index >= 15 is 0 Å². The van der Waals surface area contributed by atoms with Crippen molar-refractivity contribution < 1.29 is 60.2 Å². The largest absolute Gasteiger partial charge is 0.509 e. The molecule has 0 amide bonds. The van der Waals surface area contributed by atoms with Crippen LogP contribution in [0.25, 0.3) is 6.08 Å². The van der Waals surface area contributed by atoms with Gasteiger partial charge in [0.2, 0.25) is 5.75 Å². The summed E-state index contributed by atoms with van der Waals surface area (Å²) in [6, 6.07) is 7.10. The Morgan fingerprint density at radius 2 is 1.56 bits per heavy atom. The van der Waals surface area contributed by atoms with Crippen LogP contribution in [0.15, 0.2) is 53.8 Å². The second-order valence-electron chi connectivity index (χ2n) is 9.04. The van der Waals surface area contributed by atoms with E-state index in [2.05, 4.69) is 0 Å². The molecule has 1 unspecified atom stereocenters. The molecule has 2 aliphatic rings. The Hall–Kier alpha value is -5.23. The zero-order chi connectivity index (χ0) is 28.2. The summed E-state index contributed by atoms with van der Waals surface area (Å²) < 4.78 is 11.6. The zero-order valence-electron chi connectivity index (χ0n) is 19.8. The Kier molecular flexibility index (Phi) is 6.03. The quantitative estimate of drug-likeness (QED) is 0.174.